The van der Waals surface area contributed by atoms with Crippen LogP contribution in [0.4, 0.5) is 13.2 Å². The molecule has 10 heteroatoms. The highest BCUT2D eigenvalue weighted by Gasteiger charge is 2.53. The molecule has 6 nitrogen and oxygen atoms in total. The number of carbonyl (C=O) groups excluding carboxylic acids is 1. The van der Waals surface area contributed by atoms with Crippen molar-refractivity contribution in [2.24, 2.45) is 11.8 Å². The quantitative estimate of drug-likeness (QED) is 0.828. The molecular weight excluding hydrogens is 375 g/mol. The van der Waals surface area contributed by atoms with Gasteiger partial charge < -0.3 is 10.0 Å². The Labute approximate surface area is 148 Å². The highest BCUT2D eigenvalue weighted by molar-refractivity contribution is 7.91. The van der Waals surface area contributed by atoms with Gasteiger partial charge in [0.05, 0.1) is 28.0 Å². The number of nitrogens with zero attached hydrogens (tertiary/aromatic N) is 1. The van der Waals surface area contributed by atoms with Crippen molar-refractivity contribution < 1.29 is 36.3 Å². The molecular formula is C16H18F3NO5S. The fourth-order valence-electron chi connectivity index (χ4n) is 3.02. The summed E-state index contributed by atoms with van der Waals surface area (Å²) in [6.07, 6.45) is -4.46. The molecule has 2 rings (SSSR count). The molecule has 0 radical (unpaired) electrons. The molecule has 0 unspecified atom stereocenters. The van der Waals surface area contributed by atoms with Crippen LogP contribution in [-0.2, 0) is 14.6 Å². The molecule has 1 saturated heterocycles. The van der Waals surface area contributed by atoms with E-state index in [1.807, 2.05) is 0 Å². The Bertz CT molecular complexity index is 806. The molecule has 0 saturated carbocycles. The summed E-state index contributed by atoms with van der Waals surface area (Å²) in [5.74, 6) is -6.74. The smallest absolute Gasteiger partial charge is 0.394 e. The normalized spacial score (nSPS) is 21.0. The number of sulfone groups is 1. The van der Waals surface area contributed by atoms with Crippen molar-refractivity contribution in [2.75, 3.05) is 18.8 Å². The first-order chi connectivity index (χ1) is 12.0. The van der Waals surface area contributed by atoms with Gasteiger partial charge >= 0.3 is 12.1 Å². The van der Waals surface area contributed by atoms with Crippen molar-refractivity contribution in [3.05, 3.63) is 29.8 Å². The SMILES string of the molecule is CCCS(=O)(=O)c1ccccc1C(=O)N1C[C@@H](C(F)(F)F)[C@H](C(=O)O)C1. The van der Waals surface area contributed by atoms with E-state index in [2.05, 4.69) is 0 Å². The number of benzene rings is 1. The minimum atomic E-state index is -4.77. The molecule has 1 amide bonds. The third kappa shape index (κ3) is 4.00. The molecule has 1 aromatic carbocycles. The number of hydrogen-bond acceptors (Lipinski definition) is 4. The molecule has 1 fully saturated rings. The molecule has 1 N–H and O–H groups in total. The number of carboxylic acids is 1. The molecule has 0 spiro atoms. The first kappa shape index (κ1) is 20.2. The summed E-state index contributed by atoms with van der Waals surface area (Å²) in [6, 6.07) is 5.28. The third-order valence-electron chi connectivity index (χ3n) is 4.27. The van der Waals surface area contributed by atoms with Crippen LogP contribution in [-0.4, -0.2) is 55.3 Å². The second kappa shape index (κ2) is 7.26. The lowest BCUT2D eigenvalue weighted by atomic mass is 9.96. The number of rotatable bonds is 5. The molecule has 0 bridgehead atoms. The molecule has 0 aliphatic carbocycles. The lowest BCUT2D eigenvalue weighted by Crippen LogP contribution is -2.34. The van der Waals surface area contributed by atoms with Crippen molar-refractivity contribution in [1.29, 1.82) is 0 Å². The molecule has 2 atom stereocenters. The topological polar surface area (TPSA) is 91.8 Å². The Morgan fingerprint density at radius 2 is 1.85 bits per heavy atom. The average molecular weight is 393 g/mol. The number of aliphatic carboxylic acids is 1. The highest BCUT2D eigenvalue weighted by atomic mass is 32.2. The van der Waals surface area contributed by atoms with Crippen LogP contribution in [0.15, 0.2) is 29.2 Å². The van der Waals surface area contributed by atoms with Crippen LogP contribution in [0.3, 0.4) is 0 Å². The molecule has 26 heavy (non-hydrogen) atoms. The first-order valence-corrected chi connectivity index (χ1v) is 9.54. The van der Waals surface area contributed by atoms with E-state index in [4.69, 9.17) is 5.11 Å². The summed E-state index contributed by atoms with van der Waals surface area (Å²) in [5.41, 5.74) is -0.243. The summed E-state index contributed by atoms with van der Waals surface area (Å²) in [7, 11) is -3.77. The van der Waals surface area contributed by atoms with E-state index in [0.29, 0.717) is 6.42 Å². The van der Waals surface area contributed by atoms with Crippen LogP contribution in [0.2, 0.25) is 0 Å². The molecule has 144 valence electrons. The molecule has 0 aromatic heterocycles. The lowest BCUT2D eigenvalue weighted by Gasteiger charge is -2.19. The van der Waals surface area contributed by atoms with E-state index in [-0.39, 0.29) is 16.2 Å². The van der Waals surface area contributed by atoms with Crippen molar-refractivity contribution in [2.45, 2.75) is 24.4 Å². The van der Waals surface area contributed by atoms with Gasteiger partial charge in [-0.2, -0.15) is 13.2 Å². The minimum Gasteiger partial charge on any atom is -0.481 e. The van der Waals surface area contributed by atoms with Gasteiger partial charge in [0.2, 0.25) is 0 Å². The van der Waals surface area contributed by atoms with Crippen molar-refractivity contribution in [3.63, 3.8) is 0 Å². The summed E-state index contributed by atoms with van der Waals surface area (Å²) in [4.78, 5) is 24.3. The van der Waals surface area contributed by atoms with Gasteiger partial charge in [0.25, 0.3) is 5.91 Å². The number of alkyl halides is 3. The Kier molecular flexibility index (Phi) is 5.64. The van der Waals surface area contributed by atoms with Gasteiger partial charge in [-0.15, -0.1) is 0 Å². The monoisotopic (exact) mass is 393 g/mol. The number of carbonyl (C=O) groups is 2. The number of halogens is 3. The van der Waals surface area contributed by atoms with E-state index in [0.717, 1.165) is 4.90 Å². The summed E-state index contributed by atoms with van der Waals surface area (Å²) in [6.45, 7) is 0.204. The molecule has 1 aliphatic heterocycles. The number of amides is 1. The second-order valence-corrected chi connectivity index (χ2v) is 8.20. The Morgan fingerprint density at radius 1 is 1.23 bits per heavy atom. The van der Waals surface area contributed by atoms with E-state index >= 15 is 0 Å². The standard InChI is InChI=1S/C16H18F3NO5S/c1-2-7-26(24,25)13-6-4-3-5-10(13)14(21)20-8-11(15(22)23)12(9-20)16(17,18)19/h3-6,11-12H,2,7-9H2,1H3,(H,22,23)/t11-,12-/m1/s1. The van der Waals surface area contributed by atoms with Gasteiger partial charge in [-0.25, -0.2) is 8.42 Å². The maximum atomic E-state index is 13.1. The second-order valence-electron chi connectivity index (χ2n) is 6.12. The molecule has 1 heterocycles. The van der Waals surface area contributed by atoms with E-state index in [1.54, 1.807) is 6.92 Å². The van der Waals surface area contributed by atoms with Gasteiger partial charge in [0.1, 0.15) is 0 Å². The largest absolute Gasteiger partial charge is 0.481 e. The van der Waals surface area contributed by atoms with Crippen LogP contribution in [0, 0.1) is 11.8 Å². The van der Waals surface area contributed by atoms with Gasteiger partial charge in [-0.1, -0.05) is 19.1 Å². The van der Waals surface area contributed by atoms with Crippen LogP contribution >= 0.6 is 0 Å². The lowest BCUT2D eigenvalue weighted by molar-refractivity contribution is -0.187. The van der Waals surface area contributed by atoms with Crippen molar-refractivity contribution in [1.82, 2.24) is 4.90 Å². The fourth-order valence-corrected chi connectivity index (χ4v) is 4.55. The summed E-state index contributed by atoms with van der Waals surface area (Å²) in [5, 5.41) is 9.04. The Balaban J connectivity index is 2.38. The van der Waals surface area contributed by atoms with Crippen molar-refractivity contribution in [3.8, 4) is 0 Å². The highest BCUT2D eigenvalue weighted by Crippen LogP contribution is 2.38. The minimum absolute atomic E-state index is 0.208. The molecule has 1 aliphatic rings. The maximum Gasteiger partial charge on any atom is 0.394 e. The third-order valence-corrected chi connectivity index (χ3v) is 6.24. The van der Waals surface area contributed by atoms with E-state index < -0.39 is 52.8 Å². The van der Waals surface area contributed by atoms with Gasteiger partial charge in [-0.05, 0) is 18.6 Å². The maximum absolute atomic E-state index is 13.1. The van der Waals surface area contributed by atoms with Crippen LogP contribution < -0.4 is 0 Å². The predicted molar refractivity (Wildman–Crippen MR) is 85.4 cm³/mol. The molecule has 1 aromatic rings. The fraction of sp³-hybridized carbons (Fsp3) is 0.500. The number of likely N-dealkylation sites (tertiary alicyclic amines) is 1. The average Bonchev–Trinajstić information content (AvgIpc) is 3.00. The summed E-state index contributed by atoms with van der Waals surface area (Å²) < 4.78 is 63.9. The Morgan fingerprint density at radius 3 is 2.35 bits per heavy atom. The van der Waals surface area contributed by atoms with E-state index in [9.17, 15) is 31.2 Å². The van der Waals surface area contributed by atoms with Gasteiger partial charge in [0.15, 0.2) is 9.84 Å². The number of hydrogen-bond donors (Lipinski definition) is 1. The predicted octanol–water partition coefficient (Wildman–Crippen LogP) is 2.21. The van der Waals surface area contributed by atoms with Gasteiger partial charge in [-0.3, -0.25) is 9.59 Å². The van der Waals surface area contributed by atoms with Crippen LogP contribution in [0.25, 0.3) is 0 Å². The Hall–Kier alpha value is -2.10. The summed E-state index contributed by atoms with van der Waals surface area (Å²) >= 11 is 0. The van der Waals surface area contributed by atoms with Crippen LogP contribution in [0.1, 0.15) is 23.7 Å². The number of carboxylic acid groups (broad SMARTS) is 1. The van der Waals surface area contributed by atoms with Crippen molar-refractivity contribution >= 4 is 21.7 Å². The van der Waals surface area contributed by atoms with E-state index in [1.165, 1.54) is 24.3 Å². The zero-order valence-electron chi connectivity index (χ0n) is 13.9. The zero-order valence-corrected chi connectivity index (χ0v) is 14.7. The van der Waals surface area contributed by atoms with Crippen LogP contribution in [0.5, 0.6) is 0 Å². The first-order valence-electron chi connectivity index (χ1n) is 7.89. The van der Waals surface area contributed by atoms with Gasteiger partial charge in [0, 0.05) is 13.1 Å². The zero-order chi connectivity index (χ0) is 19.7.